The Kier molecular flexibility index (Phi) is 3.42. The van der Waals surface area contributed by atoms with Gasteiger partial charge >= 0.3 is 5.97 Å². The Labute approximate surface area is 117 Å². The molecule has 106 valence electrons. The lowest BCUT2D eigenvalue weighted by atomic mass is 9.89. The topological polar surface area (TPSA) is 69.4 Å². The number of rotatable bonds is 4. The van der Waals surface area contributed by atoms with Gasteiger partial charge in [-0.25, -0.2) is 4.79 Å². The van der Waals surface area contributed by atoms with Crippen molar-refractivity contribution >= 4 is 11.7 Å². The fraction of sp³-hybridized carbons (Fsp3) is 0.533. The predicted octanol–water partition coefficient (Wildman–Crippen LogP) is 3.19. The van der Waals surface area contributed by atoms with E-state index in [2.05, 4.69) is 0 Å². The first-order valence-corrected chi connectivity index (χ1v) is 7.05. The second kappa shape index (κ2) is 5.23. The van der Waals surface area contributed by atoms with E-state index >= 15 is 0 Å². The van der Waals surface area contributed by atoms with Gasteiger partial charge in [0, 0.05) is 12.1 Å². The molecule has 0 aromatic heterocycles. The fourth-order valence-electron chi connectivity index (χ4n) is 3.57. The standard InChI is InChI=1S/C15H17NO4/c17-15(11-3-5-14(6-4-11)16(18)19)20-9-13-8-10-1-2-12(13)7-10/h3-6,10,12-13H,1-2,7-9H2. The number of nitro benzene ring substituents is 1. The highest BCUT2D eigenvalue weighted by Crippen LogP contribution is 2.48. The number of esters is 1. The Morgan fingerprint density at radius 2 is 2.00 bits per heavy atom. The number of nitro groups is 1. The summed E-state index contributed by atoms with van der Waals surface area (Å²) in [5.74, 6) is 1.69. The normalized spacial score (nSPS) is 27.5. The third-order valence-corrected chi connectivity index (χ3v) is 4.63. The van der Waals surface area contributed by atoms with Gasteiger partial charge in [0.15, 0.2) is 0 Å². The van der Waals surface area contributed by atoms with E-state index in [-0.39, 0.29) is 11.7 Å². The summed E-state index contributed by atoms with van der Waals surface area (Å²) in [4.78, 5) is 22.0. The molecule has 3 atom stereocenters. The van der Waals surface area contributed by atoms with Crippen molar-refractivity contribution in [2.24, 2.45) is 17.8 Å². The van der Waals surface area contributed by atoms with E-state index in [1.54, 1.807) is 0 Å². The maximum atomic E-state index is 11.9. The van der Waals surface area contributed by atoms with E-state index in [1.165, 1.54) is 49.9 Å². The van der Waals surface area contributed by atoms with Crippen molar-refractivity contribution in [2.75, 3.05) is 6.61 Å². The first-order chi connectivity index (χ1) is 9.63. The highest BCUT2D eigenvalue weighted by atomic mass is 16.6. The number of hydrogen-bond donors (Lipinski definition) is 0. The minimum absolute atomic E-state index is 0.0188. The summed E-state index contributed by atoms with van der Waals surface area (Å²) in [5.41, 5.74) is 0.355. The number of fused-ring (bicyclic) bond motifs is 2. The van der Waals surface area contributed by atoms with Crippen LogP contribution in [0.2, 0.25) is 0 Å². The molecule has 2 fully saturated rings. The Balaban J connectivity index is 1.55. The summed E-state index contributed by atoms with van der Waals surface area (Å²) in [6, 6.07) is 5.55. The highest BCUT2D eigenvalue weighted by Gasteiger charge is 2.39. The molecule has 20 heavy (non-hydrogen) atoms. The van der Waals surface area contributed by atoms with Gasteiger partial charge in [0.2, 0.25) is 0 Å². The SMILES string of the molecule is O=C(OCC1CC2CCC1C2)c1ccc([N+](=O)[O-])cc1. The van der Waals surface area contributed by atoms with Gasteiger partial charge in [0.25, 0.3) is 5.69 Å². The van der Waals surface area contributed by atoms with Crippen molar-refractivity contribution in [1.82, 2.24) is 0 Å². The minimum Gasteiger partial charge on any atom is -0.462 e. The molecule has 2 aliphatic carbocycles. The lowest BCUT2D eigenvalue weighted by Gasteiger charge is -2.21. The van der Waals surface area contributed by atoms with Gasteiger partial charge in [-0.1, -0.05) is 6.42 Å². The predicted molar refractivity (Wildman–Crippen MR) is 72.3 cm³/mol. The van der Waals surface area contributed by atoms with Crippen LogP contribution in [0.3, 0.4) is 0 Å². The molecule has 3 unspecified atom stereocenters. The average Bonchev–Trinajstić information content (AvgIpc) is 3.07. The van der Waals surface area contributed by atoms with Crippen LogP contribution in [0.1, 0.15) is 36.0 Å². The molecule has 3 rings (SSSR count). The van der Waals surface area contributed by atoms with Gasteiger partial charge in [-0.2, -0.15) is 0 Å². The molecular weight excluding hydrogens is 258 g/mol. The molecule has 2 aliphatic rings. The van der Waals surface area contributed by atoms with E-state index in [4.69, 9.17) is 4.74 Å². The monoisotopic (exact) mass is 275 g/mol. The third kappa shape index (κ3) is 2.53. The Bertz CT molecular complexity index is 525. The number of benzene rings is 1. The second-order valence-corrected chi connectivity index (χ2v) is 5.84. The molecule has 1 aromatic carbocycles. The number of carbonyl (C=O) groups is 1. The van der Waals surface area contributed by atoms with Crippen LogP contribution in [0.4, 0.5) is 5.69 Å². The zero-order valence-electron chi connectivity index (χ0n) is 11.2. The van der Waals surface area contributed by atoms with Crippen LogP contribution in [-0.2, 0) is 4.74 Å². The van der Waals surface area contributed by atoms with Crippen molar-refractivity contribution < 1.29 is 14.5 Å². The first kappa shape index (κ1) is 13.1. The lowest BCUT2D eigenvalue weighted by Crippen LogP contribution is -2.19. The van der Waals surface area contributed by atoms with Crippen LogP contribution in [0.15, 0.2) is 24.3 Å². The number of carbonyl (C=O) groups excluding carboxylic acids is 1. The number of non-ortho nitro benzene ring substituents is 1. The van der Waals surface area contributed by atoms with Gasteiger partial charge in [-0.15, -0.1) is 0 Å². The summed E-state index contributed by atoms with van der Waals surface area (Å²) in [6.45, 7) is 0.483. The zero-order chi connectivity index (χ0) is 14.1. The minimum atomic E-state index is -0.482. The van der Waals surface area contributed by atoms with Crippen molar-refractivity contribution in [2.45, 2.75) is 25.7 Å². The molecule has 5 heteroatoms. The van der Waals surface area contributed by atoms with Gasteiger partial charge in [-0.05, 0) is 49.1 Å². The third-order valence-electron chi connectivity index (χ3n) is 4.63. The molecule has 0 saturated heterocycles. The fourth-order valence-corrected chi connectivity index (χ4v) is 3.57. The van der Waals surface area contributed by atoms with E-state index in [9.17, 15) is 14.9 Å². The molecular formula is C15H17NO4. The van der Waals surface area contributed by atoms with E-state index in [0.717, 1.165) is 11.8 Å². The molecule has 0 radical (unpaired) electrons. The number of ether oxygens (including phenoxy) is 1. The van der Waals surface area contributed by atoms with Gasteiger partial charge < -0.3 is 4.74 Å². The summed E-state index contributed by atoms with van der Waals surface area (Å²) in [6.07, 6.45) is 5.07. The van der Waals surface area contributed by atoms with Crippen molar-refractivity contribution in [1.29, 1.82) is 0 Å². The molecule has 0 N–H and O–H groups in total. The maximum absolute atomic E-state index is 11.9. The van der Waals surface area contributed by atoms with Crippen LogP contribution in [0.5, 0.6) is 0 Å². The molecule has 1 aromatic rings. The van der Waals surface area contributed by atoms with Crippen LogP contribution >= 0.6 is 0 Å². The highest BCUT2D eigenvalue weighted by molar-refractivity contribution is 5.89. The molecule has 0 heterocycles. The van der Waals surface area contributed by atoms with Crippen LogP contribution in [-0.4, -0.2) is 17.5 Å². The summed E-state index contributed by atoms with van der Waals surface area (Å²) < 4.78 is 5.36. The molecule has 0 amide bonds. The lowest BCUT2D eigenvalue weighted by molar-refractivity contribution is -0.384. The molecule has 0 spiro atoms. The molecule has 5 nitrogen and oxygen atoms in total. The summed E-state index contributed by atoms with van der Waals surface area (Å²) in [7, 11) is 0. The Hall–Kier alpha value is -1.91. The largest absolute Gasteiger partial charge is 0.462 e. The van der Waals surface area contributed by atoms with Crippen molar-refractivity contribution in [3.05, 3.63) is 39.9 Å². The van der Waals surface area contributed by atoms with Crippen LogP contribution in [0, 0.1) is 27.9 Å². The molecule has 2 saturated carbocycles. The quantitative estimate of drug-likeness (QED) is 0.480. The van der Waals surface area contributed by atoms with Crippen molar-refractivity contribution in [3.8, 4) is 0 Å². The maximum Gasteiger partial charge on any atom is 0.338 e. The average molecular weight is 275 g/mol. The van der Waals surface area contributed by atoms with Crippen LogP contribution < -0.4 is 0 Å². The molecule has 2 bridgehead atoms. The van der Waals surface area contributed by atoms with Gasteiger partial charge in [-0.3, -0.25) is 10.1 Å². The van der Waals surface area contributed by atoms with Crippen LogP contribution in [0.25, 0.3) is 0 Å². The Morgan fingerprint density at radius 1 is 1.25 bits per heavy atom. The second-order valence-electron chi connectivity index (χ2n) is 5.84. The van der Waals surface area contributed by atoms with E-state index < -0.39 is 4.92 Å². The van der Waals surface area contributed by atoms with Gasteiger partial charge in [0.1, 0.15) is 0 Å². The van der Waals surface area contributed by atoms with E-state index in [1.807, 2.05) is 0 Å². The Morgan fingerprint density at radius 3 is 2.55 bits per heavy atom. The first-order valence-electron chi connectivity index (χ1n) is 7.05. The smallest absolute Gasteiger partial charge is 0.338 e. The summed E-state index contributed by atoms with van der Waals surface area (Å²) >= 11 is 0. The van der Waals surface area contributed by atoms with E-state index in [0.29, 0.717) is 18.1 Å². The molecule has 0 aliphatic heterocycles. The number of nitrogens with zero attached hydrogens (tertiary/aromatic N) is 1. The van der Waals surface area contributed by atoms with Gasteiger partial charge in [0.05, 0.1) is 17.1 Å². The summed E-state index contributed by atoms with van der Waals surface area (Å²) in [5, 5.41) is 10.5. The zero-order valence-corrected chi connectivity index (χ0v) is 11.2. The van der Waals surface area contributed by atoms with Crippen molar-refractivity contribution in [3.63, 3.8) is 0 Å². The number of hydrogen-bond acceptors (Lipinski definition) is 4.